The molecule has 0 radical (unpaired) electrons. The summed E-state index contributed by atoms with van der Waals surface area (Å²) in [7, 11) is 0. The molecule has 0 atom stereocenters. The van der Waals surface area contributed by atoms with Gasteiger partial charge in [-0.3, -0.25) is 0 Å². The quantitative estimate of drug-likeness (QED) is 0.559. The van der Waals surface area contributed by atoms with E-state index in [0.29, 0.717) is 6.61 Å². The molecule has 0 saturated carbocycles. The van der Waals surface area contributed by atoms with Crippen LogP contribution in [0.15, 0.2) is 60.2 Å². The first-order valence-electron chi connectivity index (χ1n) is 8.28. The molecular weight excluding hydrogens is 268 g/mol. The van der Waals surface area contributed by atoms with Gasteiger partial charge in [-0.15, -0.1) is 0 Å². The first-order chi connectivity index (χ1) is 10.8. The molecule has 0 bridgehead atoms. The second-order valence-electron chi connectivity index (χ2n) is 5.65. The highest BCUT2D eigenvalue weighted by Gasteiger charge is 1.98. The summed E-state index contributed by atoms with van der Waals surface area (Å²) in [4.78, 5) is 0. The molecule has 0 fully saturated rings. The molecule has 0 aliphatic heterocycles. The summed E-state index contributed by atoms with van der Waals surface area (Å²) >= 11 is 0. The van der Waals surface area contributed by atoms with E-state index in [-0.39, 0.29) is 0 Å². The fourth-order valence-corrected chi connectivity index (χ4v) is 2.55. The van der Waals surface area contributed by atoms with Crippen LogP contribution in [-0.4, -0.2) is 0 Å². The summed E-state index contributed by atoms with van der Waals surface area (Å²) in [5, 5.41) is 0. The summed E-state index contributed by atoms with van der Waals surface area (Å²) in [5.74, 6) is 0.925. The van der Waals surface area contributed by atoms with E-state index in [4.69, 9.17) is 4.74 Å². The Balaban J connectivity index is 1.96. The van der Waals surface area contributed by atoms with Crippen LogP contribution in [0.5, 0.6) is 5.75 Å². The molecule has 0 aliphatic rings. The van der Waals surface area contributed by atoms with Crippen molar-refractivity contribution in [1.29, 1.82) is 0 Å². The summed E-state index contributed by atoms with van der Waals surface area (Å²) in [6.45, 7) is 5.10. The van der Waals surface area contributed by atoms with Crippen LogP contribution in [-0.2, 0) is 6.61 Å². The average molecular weight is 294 g/mol. The van der Waals surface area contributed by atoms with Crippen LogP contribution in [0.3, 0.4) is 0 Å². The molecule has 0 amide bonds. The van der Waals surface area contributed by atoms with Gasteiger partial charge in [-0.1, -0.05) is 80.8 Å². The average Bonchev–Trinajstić information content (AvgIpc) is 2.56. The van der Waals surface area contributed by atoms with E-state index in [9.17, 15) is 0 Å². The SMILES string of the molecule is CCCC(=Cc1ccc(OCc2ccccc2)cc1)CCC. The van der Waals surface area contributed by atoms with E-state index in [2.05, 4.69) is 56.3 Å². The highest BCUT2D eigenvalue weighted by Crippen LogP contribution is 2.19. The highest BCUT2D eigenvalue weighted by atomic mass is 16.5. The molecule has 1 heteroatoms. The van der Waals surface area contributed by atoms with Gasteiger partial charge in [-0.05, 0) is 36.1 Å². The zero-order valence-corrected chi connectivity index (χ0v) is 13.7. The normalized spacial score (nSPS) is 10.3. The Bertz CT molecular complexity index is 559. The maximum atomic E-state index is 5.83. The van der Waals surface area contributed by atoms with E-state index in [1.807, 2.05) is 18.2 Å². The van der Waals surface area contributed by atoms with Gasteiger partial charge in [0.25, 0.3) is 0 Å². The van der Waals surface area contributed by atoms with Gasteiger partial charge in [0.2, 0.25) is 0 Å². The first-order valence-corrected chi connectivity index (χ1v) is 8.28. The topological polar surface area (TPSA) is 9.23 Å². The van der Waals surface area contributed by atoms with Gasteiger partial charge in [-0.2, -0.15) is 0 Å². The molecule has 0 heterocycles. The molecule has 0 aliphatic carbocycles. The number of ether oxygens (including phenoxy) is 1. The number of hydrogen-bond acceptors (Lipinski definition) is 1. The van der Waals surface area contributed by atoms with E-state index in [0.717, 1.165) is 5.75 Å². The molecule has 116 valence electrons. The van der Waals surface area contributed by atoms with Gasteiger partial charge in [0.05, 0.1) is 0 Å². The van der Waals surface area contributed by atoms with Crippen LogP contribution in [0.2, 0.25) is 0 Å². The second-order valence-corrected chi connectivity index (χ2v) is 5.65. The van der Waals surface area contributed by atoms with Crippen molar-refractivity contribution in [3.05, 3.63) is 71.3 Å². The summed E-state index contributed by atoms with van der Waals surface area (Å²) in [6, 6.07) is 18.7. The van der Waals surface area contributed by atoms with Crippen molar-refractivity contribution in [1.82, 2.24) is 0 Å². The predicted molar refractivity (Wildman–Crippen MR) is 95.0 cm³/mol. The number of benzene rings is 2. The zero-order chi connectivity index (χ0) is 15.6. The Kier molecular flexibility index (Phi) is 6.76. The van der Waals surface area contributed by atoms with Crippen LogP contribution in [0, 0.1) is 0 Å². The Morgan fingerprint density at radius 1 is 0.864 bits per heavy atom. The summed E-state index contributed by atoms with van der Waals surface area (Å²) in [6.07, 6.45) is 7.14. The van der Waals surface area contributed by atoms with Gasteiger partial charge >= 0.3 is 0 Å². The van der Waals surface area contributed by atoms with Crippen LogP contribution >= 0.6 is 0 Å². The van der Waals surface area contributed by atoms with Crippen molar-refractivity contribution in [2.24, 2.45) is 0 Å². The largest absolute Gasteiger partial charge is 0.489 e. The van der Waals surface area contributed by atoms with Crippen molar-refractivity contribution in [2.45, 2.75) is 46.1 Å². The lowest BCUT2D eigenvalue weighted by atomic mass is 10.0. The van der Waals surface area contributed by atoms with Gasteiger partial charge in [0.15, 0.2) is 0 Å². The molecule has 2 aromatic rings. The van der Waals surface area contributed by atoms with Gasteiger partial charge < -0.3 is 4.74 Å². The number of rotatable bonds is 8. The Morgan fingerprint density at radius 3 is 2.09 bits per heavy atom. The van der Waals surface area contributed by atoms with Crippen LogP contribution in [0.1, 0.15) is 50.7 Å². The number of allylic oxidation sites excluding steroid dienone is 1. The summed E-state index contributed by atoms with van der Waals surface area (Å²) < 4.78 is 5.83. The second kappa shape index (κ2) is 9.09. The predicted octanol–water partition coefficient (Wildman–Crippen LogP) is 6.25. The van der Waals surface area contributed by atoms with Crippen LogP contribution in [0.25, 0.3) is 6.08 Å². The van der Waals surface area contributed by atoms with Gasteiger partial charge in [0.1, 0.15) is 12.4 Å². The van der Waals surface area contributed by atoms with Crippen molar-refractivity contribution in [3.8, 4) is 5.75 Å². The monoisotopic (exact) mass is 294 g/mol. The van der Waals surface area contributed by atoms with Gasteiger partial charge in [0, 0.05) is 0 Å². The third-order valence-corrected chi connectivity index (χ3v) is 3.64. The third-order valence-electron chi connectivity index (χ3n) is 3.64. The van der Waals surface area contributed by atoms with Crippen molar-refractivity contribution < 1.29 is 4.74 Å². The molecule has 22 heavy (non-hydrogen) atoms. The molecule has 0 N–H and O–H groups in total. The third kappa shape index (κ3) is 5.40. The minimum absolute atomic E-state index is 0.618. The zero-order valence-electron chi connectivity index (χ0n) is 13.7. The van der Waals surface area contributed by atoms with Crippen molar-refractivity contribution in [2.75, 3.05) is 0 Å². The van der Waals surface area contributed by atoms with E-state index in [1.165, 1.54) is 36.8 Å². The minimum atomic E-state index is 0.618. The molecule has 0 spiro atoms. The van der Waals surface area contributed by atoms with Gasteiger partial charge in [-0.25, -0.2) is 0 Å². The van der Waals surface area contributed by atoms with Crippen molar-refractivity contribution >= 4 is 6.08 Å². The maximum absolute atomic E-state index is 5.83. The van der Waals surface area contributed by atoms with Crippen molar-refractivity contribution in [3.63, 3.8) is 0 Å². The molecule has 0 unspecified atom stereocenters. The first kappa shape index (κ1) is 16.4. The fraction of sp³-hybridized carbons (Fsp3) is 0.333. The molecule has 1 nitrogen and oxygen atoms in total. The van der Waals surface area contributed by atoms with E-state index < -0.39 is 0 Å². The van der Waals surface area contributed by atoms with Crippen LogP contribution < -0.4 is 4.74 Å². The highest BCUT2D eigenvalue weighted by molar-refractivity contribution is 5.54. The maximum Gasteiger partial charge on any atom is 0.119 e. The lowest BCUT2D eigenvalue weighted by molar-refractivity contribution is 0.306. The fourth-order valence-electron chi connectivity index (χ4n) is 2.55. The molecule has 0 aromatic heterocycles. The standard InChI is InChI=1S/C21H26O/c1-3-8-18(9-4-2)16-19-12-14-21(15-13-19)22-17-20-10-6-5-7-11-20/h5-7,10-16H,3-4,8-9,17H2,1-2H3. The summed E-state index contributed by atoms with van der Waals surface area (Å²) in [5.41, 5.74) is 4.01. The molecule has 2 rings (SSSR count). The molecule has 2 aromatic carbocycles. The molecular formula is C21H26O. The smallest absolute Gasteiger partial charge is 0.119 e. The minimum Gasteiger partial charge on any atom is -0.489 e. The lowest BCUT2D eigenvalue weighted by Crippen LogP contribution is -1.94. The Morgan fingerprint density at radius 2 is 1.50 bits per heavy atom. The Hall–Kier alpha value is -2.02. The van der Waals surface area contributed by atoms with E-state index in [1.54, 1.807) is 5.57 Å². The Labute approximate surface area is 134 Å². The lowest BCUT2D eigenvalue weighted by Gasteiger charge is -2.08. The van der Waals surface area contributed by atoms with E-state index >= 15 is 0 Å². The number of hydrogen-bond donors (Lipinski definition) is 0. The van der Waals surface area contributed by atoms with Crippen LogP contribution in [0.4, 0.5) is 0 Å². The molecule has 0 saturated heterocycles.